The monoisotopic (exact) mass is 333 g/mol. The van der Waals surface area contributed by atoms with Crippen molar-refractivity contribution in [1.82, 2.24) is 19.7 Å². The maximum absolute atomic E-state index is 12.5. The highest BCUT2D eigenvalue weighted by Crippen LogP contribution is 2.19. The van der Waals surface area contributed by atoms with Crippen LogP contribution in [0.3, 0.4) is 0 Å². The zero-order chi connectivity index (χ0) is 17.1. The number of aromatic nitrogens is 3. The van der Waals surface area contributed by atoms with Crippen molar-refractivity contribution >= 4 is 11.6 Å². The van der Waals surface area contributed by atoms with Crippen LogP contribution in [-0.4, -0.2) is 51.8 Å². The number of amides is 1. The number of carbonyl (C=O) groups excluding carboxylic acids is 1. The molecule has 1 fully saturated rings. The van der Waals surface area contributed by atoms with Crippen molar-refractivity contribution in [2.75, 3.05) is 31.1 Å². The van der Waals surface area contributed by atoms with Crippen LogP contribution in [0.1, 0.15) is 10.4 Å². The lowest BCUT2D eigenvalue weighted by Crippen LogP contribution is -2.48. The van der Waals surface area contributed by atoms with Gasteiger partial charge in [-0.25, -0.2) is 0 Å². The van der Waals surface area contributed by atoms with E-state index in [2.05, 4.69) is 39.4 Å². The van der Waals surface area contributed by atoms with Gasteiger partial charge in [-0.2, -0.15) is 0 Å². The normalized spacial score (nSPS) is 14.6. The van der Waals surface area contributed by atoms with E-state index < -0.39 is 0 Å². The molecule has 1 aromatic heterocycles. The van der Waals surface area contributed by atoms with Crippen molar-refractivity contribution in [2.45, 2.75) is 0 Å². The molecule has 1 saturated heterocycles. The molecule has 6 nitrogen and oxygen atoms in total. The first-order valence-corrected chi connectivity index (χ1v) is 8.35. The first-order valence-electron chi connectivity index (χ1n) is 8.35. The number of anilines is 1. The van der Waals surface area contributed by atoms with Crippen molar-refractivity contribution in [3.8, 4) is 5.69 Å². The van der Waals surface area contributed by atoms with Crippen LogP contribution < -0.4 is 4.90 Å². The highest BCUT2D eigenvalue weighted by Gasteiger charge is 2.22. The van der Waals surface area contributed by atoms with Crippen LogP contribution in [0.4, 0.5) is 5.69 Å². The molecule has 1 aliphatic heterocycles. The summed E-state index contributed by atoms with van der Waals surface area (Å²) in [6.45, 7) is 3.15. The summed E-state index contributed by atoms with van der Waals surface area (Å²) in [5.41, 5.74) is 2.96. The summed E-state index contributed by atoms with van der Waals surface area (Å²) >= 11 is 0. The molecule has 1 amide bonds. The maximum atomic E-state index is 12.5. The zero-order valence-corrected chi connectivity index (χ0v) is 13.8. The number of hydrogen-bond donors (Lipinski definition) is 0. The molecule has 2 aromatic carbocycles. The molecule has 0 radical (unpaired) electrons. The second-order valence-electron chi connectivity index (χ2n) is 6.03. The third-order valence-corrected chi connectivity index (χ3v) is 4.52. The molecule has 4 rings (SSSR count). The fourth-order valence-corrected chi connectivity index (χ4v) is 3.10. The van der Waals surface area contributed by atoms with Gasteiger partial charge in [0, 0.05) is 43.1 Å². The average molecular weight is 333 g/mol. The van der Waals surface area contributed by atoms with Gasteiger partial charge in [0.25, 0.3) is 5.91 Å². The topological polar surface area (TPSA) is 54.3 Å². The Morgan fingerprint density at radius 3 is 2.00 bits per heavy atom. The van der Waals surface area contributed by atoms with Crippen LogP contribution >= 0.6 is 0 Å². The van der Waals surface area contributed by atoms with Gasteiger partial charge in [-0.1, -0.05) is 18.2 Å². The molecule has 0 unspecified atom stereocenters. The van der Waals surface area contributed by atoms with E-state index in [1.807, 2.05) is 39.8 Å². The minimum Gasteiger partial charge on any atom is -0.368 e. The molecule has 3 aromatic rings. The number of benzene rings is 2. The van der Waals surface area contributed by atoms with Crippen LogP contribution in [0, 0.1) is 0 Å². The van der Waals surface area contributed by atoms with Gasteiger partial charge in [0.15, 0.2) is 0 Å². The Morgan fingerprint density at radius 1 is 0.760 bits per heavy atom. The maximum Gasteiger partial charge on any atom is 0.253 e. The molecule has 0 aliphatic carbocycles. The molecular weight excluding hydrogens is 314 g/mol. The van der Waals surface area contributed by atoms with E-state index >= 15 is 0 Å². The second-order valence-corrected chi connectivity index (χ2v) is 6.03. The molecule has 0 bridgehead atoms. The Kier molecular flexibility index (Phi) is 4.16. The van der Waals surface area contributed by atoms with E-state index in [0.717, 1.165) is 37.4 Å². The summed E-state index contributed by atoms with van der Waals surface area (Å²) in [5, 5.41) is 7.65. The third-order valence-electron chi connectivity index (χ3n) is 4.52. The van der Waals surface area contributed by atoms with E-state index in [0.29, 0.717) is 0 Å². The van der Waals surface area contributed by atoms with Crippen molar-refractivity contribution < 1.29 is 4.79 Å². The SMILES string of the molecule is O=C(c1ccccc1)N1CCN(c2ccc(-n3cnnc3)cc2)CC1. The number of nitrogens with zero attached hydrogens (tertiary/aromatic N) is 5. The summed E-state index contributed by atoms with van der Waals surface area (Å²) in [5.74, 6) is 0.114. The Morgan fingerprint density at radius 2 is 1.36 bits per heavy atom. The molecule has 0 N–H and O–H groups in total. The van der Waals surface area contributed by atoms with Crippen LogP contribution in [0.2, 0.25) is 0 Å². The Balaban J connectivity index is 1.39. The third kappa shape index (κ3) is 3.24. The summed E-state index contributed by atoms with van der Waals surface area (Å²) in [6, 6.07) is 17.8. The Hall–Kier alpha value is -3.15. The van der Waals surface area contributed by atoms with Gasteiger partial charge in [-0.05, 0) is 36.4 Å². The van der Waals surface area contributed by atoms with E-state index in [1.54, 1.807) is 12.7 Å². The second kappa shape index (κ2) is 6.76. The molecule has 0 atom stereocenters. The molecule has 126 valence electrons. The predicted molar refractivity (Wildman–Crippen MR) is 95.9 cm³/mol. The predicted octanol–water partition coefficient (Wildman–Crippen LogP) is 2.23. The van der Waals surface area contributed by atoms with Crippen LogP contribution in [0.15, 0.2) is 67.3 Å². The molecular formula is C19H19N5O. The Bertz CT molecular complexity index is 822. The fourth-order valence-electron chi connectivity index (χ4n) is 3.10. The van der Waals surface area contributed by atoms with E-state index in [4.69, 9.17) is 0 Å². The molecule has 0 spiro atoms. The lowest BCUT2D eigenvalue weighted by molar-refractivity contribution is 0.0747. The first-order chi connectivity index (χ1) is 12.3. The van der Waals surface area contributed by atoms with E-state index in [1.165, 1.54) is 5.69 Å². The van der Waals surface area contributed by atoms with Gasteiger partial charge >= 0.3 is 0 Å². The van der Waals surface area contributed by atoms with Gasteiger partial charge < -0.3 is 9.80 Å². The van der Waals surface area contributed by atoms with Gasteiger partial charge in [0.05, 0.1) is 0 Å². The lowest BCUT2D eigenvalue weighted by atomic mass is 10.1. The molecule has 6 heteroatoms. The molecule has 0 saturated carbocycles. The first kappa shape index (κ1) is 15.4. The number of carbonyl (C=O) groups is 1. The average Bonchev–Trinajstić information content (AvgIpc) is 3.23. The van der Waals surface area contributed by atoms with Gasteiger partial charge in [0.1, 0.15) is 12.7 Å². The van der Waals surface area contributed by atoms with Crippen LogP contribution in [0.25, 0.3) is 5.69 Å². The van der Waals surface area contributed by atoms with E-state index in [-0.39, 0.29) is 5.91 Å². The minimum atomic E-state index is 0.114. The molecule has 25 heavy (non-hydrogen) atoms. The lowest BCUT2D eigenvalue weighted by Gasteiger charge is -2.36. The summed E-state index contributed by atoms with van der Waals surface area (Å²) < 4.78 is 1.88. The standard InChI is InChI=1S/C19H19N5O/c25-19(16-4-2-1-3-5-16)23-12-10-22(11-13-23)17-6-8-18(9-7-17)24-14-20-21-15-24/h1-9,14-15H,10-13H2. The number of rotatable bonds is 3. The molecule has 1 aliphatic rings. The fraction of sp³-hybridized carbons (Fsp3) is 0.211. The van der Waals surface area contributed by atoms with E-state index in [9.17, 15) is 4.79 Å². The van der Waals surface area contributed by atoms with Crippen molar-refractivity contribution in [3.05, 3.63) is 72.8 Å². The smallest absolute Gasteiger partial charge is 0.253 e. The Labute approximate surface area is 146 Å². The van der Waals surface area contributed by atoms with Gasteiger partial charge in [0.2, 0.25) is 0 Å². The summed E-state index contributed by atoms with van der Waals surface area (Å²) in [6.07, 6.45) is 3.37. The quantitative estimate of drug-likeness (QED) is 0.737. The van der Waals surface area contributed by atoms with Crippen LogP contribution in [0.5, 0.6) is 0 Å². The minimum absolute atomic E-state index is 0.114. The highest BCUT2D eigenvalue weighted by atomic mass is 16.2. The zero-order valence-electron chi connectivity index (χ0n) is 13.8. The largest absolute Gasteiger partial charge is 0.368 e. The van der Waals surface area contributed by atoms with Crippen molar-refractivity contribution in [1.29, 1.82) is 0 Å². The van der Waals surface area contributed by atoms with Crippen molar-refractivity contribution in [3.63, 3.8) is 0 Å². The molecule has 2 heterocycles. The number of piperazine rings is 1. The van der Waals surface area contributed by atoms with Crippen LogP contribution in [-0.2, 0) is 0 Å². The van der Waals surface area contributed by atoms with Crippen molar-refractivity contribution in [2.24, 2.45) is 0 Å². The van der Waals surface area contributed by atoms with Gasteiger partial charge in [-0.3, -0.25) is 9.36 Å². The van der Waals surface area contributed by atoms with Gasteiger partial charge in [-0.15, -0.1) is 10.2 Å². The summed E-state index contributed by atoms with van der Waals surface area (Å²) in [4.78, 5) is 16.7. The highest BCUT2D eigenvalue weighted by molar-refractivity contribution is 5.94. The summed E-state index contributed by atoms with van der Waals surface area (Å²) in [7, 11) is 0. The number of hydrogen-bond acceptors (Lipinski definition) is 4.